The average molecular weight is 248 g/mol. The van der Waals surface area contributed by atoms with E-state index in [2.05, 4.69) is 21.8 Å². The lowest BCUT2D eigenvalue weighted by atomic mass is 9.99. The van der Waals surface area contributed by atoms with E-state index in [0.717, 1.165) is 23.8 Å². The van der Waals surface area contributed by atoms with Crippen LogP contribution in [0.3, 0.4) is 0 Å². The van der Waals surface area contributed by atoms with Crippen LogP contribution in [-0.4, -0.2) is 22.6 Å². The molecule has 1 fully saturated rings. The van der Waals surface area contributed by atoms with Crippen molar-refractivity contribution in [1.29, 1.82) is 0 Å². The van der Waals surface area contributed by atoms with Gasteiger partial charge in [-0.1, -0.05) is 17.7 Å². The minimum atomic E-state index is 0.566. The molecule has 1 N–H and O–H groups in total. The fourth-order valence-corrected chi connectivity index (χ4v) is 2.31. The molecule has 0 aliphatic carbocycles. The largest absolute Gasteiger partial charge is 0.315 e. The summed E-state index contributed by atoms with van der Waals surface area (Å²) in [5, 5.41) is 4.05. The Balaban J connectivity index is 2.08. The summed E-state index contributed by atoms with van der Waals surface area (Å²) in [5.41, 5.74) is 3.59. The topological polar surface area (TPSA) is 29.9 Å². The van der Waals surface area contributed by atoms with E-state index < -0.39 is 0 Å². The highest BCUT2D eigenvalue weighted by atomic mass is 35.5. The first-order chi connectivity index (χ1) is 8.25. The van der Waals surface area contributed by atoms with Crippen LogP contribution in [0.5, 0.6) is 0 Å². The Hall–Kier alpha value is -1.32. The molecule has 0 atom stereocenters. The van der Waals surface area contributed by atoms with Crippen molar-refractivity contribution in [2.75, 3.05) is 13.1 Å². The lowest BCUT2D eigenvalue weighted by Gasteiger charge is -2.28. The number of nitrogens with zero attached hydrogens (tertiary/aromatic N) is 2. The molecule has 2 heterocycles. The Morgan fingerprint density at radius 2 is 2.24 bits per heavy atom. The zero-order valence-electron chi connectivity index (χ0n) is 9.65. The van der Waals surface area contributed by atoms with E-state index in [1.807, 2.05) is 30.7 Å². The third-order valence-corrected chi connectivity index (χ3v) is 3.53. The summed E-state index contributed by atoms with van der Waals surface area (Å²) in [5.74, 6) is 0.566. The highest BCUT2D eigenvalue weighted by Crippen LogP contribution is 2.26. The molecule has 1 aliphatic heterocycles. The van der Waals surface area contributed by atoms with E-state index in [1.54, 1.807) is 0 Å². The first kappa shape index (κ1) is 10.8. The third-order valence-electron chi connectivity index (χ3n) is 3.30. The quantitative estimate of drug-likeness (QED) is 0.884. The van der Waals surface area contributed by atoms with E-state index >= 15 is 0 Å². The summed E-state index contributed by atoms with van der Waals surface area (Å²) in [6, 6.07) is 5.95. The molecule has 3 rings (SSSR count). The van der Waals surface area contributed by atoms with E-state index in [9.17, 15) is 0 Å². The summed E-state index contributed by atoms with van der Waals surface area (Å²) < 4.78 is 2.15. The number of nitrogens with one attached hydrogen (secondary N) is 1. The van der Waals surface area contributed by atoms with Crippen LogP contribution in [0.2, 0.25) is 5.02 Å². The van der Waals surface area contributed by atoms with Crippen LogP contribution in [-0.2, 0) is 0 Å². The molecule has 0 unspecified atom stereocenters. The maximum absolute atomic E-state index is 6.07. The summed E-state index contributed by atoms with van der Waals surface area (Å²) in [6.45, 7) is 4.16. The second-order valence-corrected chi connectivity index (χ2v) is 4.91. The second kappa shape index (κ2) is 4.17. The smallest absolute Gasteiger partial charge is 0.0994 e. The SMILES string of the molecule is Cc1ccc(Cl)cc1-n1cncc1C1CNC1. The summed E-state index contributed by atoms with van der Waals surface area (Å²) >= 11 is 6.07. The van der Waals surface area contributed by atoms with Crippen LogP contribution in [0.25, 0.3) is 5.69 Å². The Morgan fingerprint density at radius 3 is 2.94 bits per heavy atom. The molecule has 0 bridgehead atoms. The predicted molar refractivity (Wildman–Crippen MR) is 68.9 cm³/mol. The molecule has 0 radical (unpaired) electrons. The molecule has 0 amide bonds. The normalized spacial score (nSPS) is 15.9. The van der Waals surface area contributed by atoms with Crippen molar-refractivity contribution in [3.63, 3.8) is 0 Å². The number of aromatic nitrogens is 2. The fourth-order valence-electron chi connectivity index (χ4n) is 2.15. The lowest BCUT2D eigenvalue weighted by molar-refractivity contribution is 0.435. The Bertz CT molecular complexity index is 543. The molecule has 17 heavy (non-hydrogen) atoms. The number of benzene rings is 1. The molecule has 3 nitrogen and oxygen atoms in total. The van der Waals surface area contributed by atoms with Crippen molar-refractivity contribution in [2.45, 2.75) is 12.8 Å². The monoisotopic (exact) mass is 247 g/mol. The number of aryl methyl sites for hydroxylation is 1. The number of halogens is 1. The molecular formula is C13H14ClN3. The van der Waals surface area contributed by atoms with E-state index in [0.29, 0.717) is 5.92 Å². The number of rotatable bonds is 2. The number of imidazole rings is 1. The molecule has 1 aromatic heterocycles. The molecule has 1 aliphatic rings. The first-order valence-corrected chi connectivity index (χ1v) is 6.13. The van der Waals surface area contributed by atoms with Gasteiger partial charge in [0, 0.05) is 35.9 Å². The minimum Gasteiger partial charge on any atom is -0.315 e. The van der Waals surface area contributed by atoms with Crippen molar-refractivity contribution in [3.05, 3.63) is 47.0 Å². The molecular weight excluding hydrogens is 234 g/mol. The second-order valence-electron chi connectivity index (χ2n) is 4.47. The number of hydrogen-bond acceptors (Lipinski definition) is 2. The highest BCUT2D eigenvalue weighted by Gasteiger charge is 2.23. The molecule has 4 heteroatoms. The maximum atomic E-state index is 6.07. The zero-order chi connectivity index (χ0) is 11.8. The van der Waals surface area contributed by atoms with Crippen LogP contribution in [0, 0.1) is 6.92 Å². The van der Waals surface area contributed by atoms with Gasteiger partial charge in [-0.15, -0.1) is 0 Å². The maximum Gasteiger partial charge on any atom is 0.0994 e. The summed E-state index contributed by atoms with van der Waals surface area (Å²) in [6.07, 6.45) is 3.82. The van der Waals surface area contributed by atoms with Crippen LogP contribution in [0.4, 0.5) is 0 Å². The van der Waals surface area contributed by atoms with Crippen molar-refractivity contribution >= 4 is 11.6 Å². The molecule has 88 valence electrons. The lowest BCUT2D eigenvalue weighted by Crippen LogP contribution is -2.40. The van der Waals surface area contributed by atoms with Gasteiger partial charge in [0.05, 0.1) is 12.0 Å². The third kappa shape index (κ3) is 1.85. The van der Waals surface area contributed by atoms with E-state index in [1.165, 1.54) is 11.3 Å². The van der Waals surface area contributed by atoms with Gasteiger partial charge in [-0.2, -0.15) is 0 Å². The van der Waals surface area contributed by atoms with Gasteiger partial charge < -0.3 is 9.88 Å². The zero-order valence-corrected chi connectivity index (χ0v) is 10.4. The van der Waals surface area contributed by atoms with Gasteiger partial charge in [-0.3, -0.25) is 0 Å². The van der Waals surface area contributed by atoms with Crippen molar-refractivity contribution in [2.24, 2.45) is 0 Å². The number of hydrogen-bond donors (Lipinski definition) is 1. The van der Waals surface area contributed by atoms with Crippen molar-refractivity contribution in [3.8, 4) is 5.69 Å². The Labute approximate surface area is 105 Å². The Kier molecular flexibility index (Phi) is 2.65. The summed E-state index contributed by atoms with van der Waals surface area (Å²) in [4.78, 5) is 4.26. The first-order valence-electron chi connectivity index (χ1n) is 5.75. The average Bonchev–Trinajstić information content (AvgIpc) is 2.68. The molecule has 1 aromatic carbocycles. The molecule has 2 aromatic rings. The standard InChI is InChI=1S/C13H14ClN3/c1-9-2-3-11(14)4-12(9)17-8-16-7-13(17)10-5-15-6-10/h2-4,7-8,10,15H,5-6H2,1H3. The van der Waals surface area contributed by atoms with Crippen LogP contribution < -0.4 is 5.32 Å². The van der Waals surface area contributed by atoms with Gasteiger partial charge in [-0.05, 0) is 24.6 Å². The predicted octanol–water partition coefficient (Wildman–Crippen LogP) is 2.52. The van der Waals surface area contributed by atoms with Gasteiger partial charge in [0.15, 0.2) is 0 Å². The van der Waals surface area contributed by atoms with Gasteiger partial charge in [0.1, 0.15) is 0 Å². The van der Waals surface area contributed by atoms with Gasteiger partial charge in [0.2, 0.25) is 0 Å². The Morgan fingerprint density at radius 1 is 1.41 bits per heavy atom. The fraction of sp³-hybridized carbons (Fsp3) is 0.308. The highest BCUT2D eigenvalue weighted by molar-refractivity contribution is 6.30. The van der Waals surface area contributed by atoms with Gasteiger partial charge >= 0.3 is 0 Å². The molecule has 0 saturated carbocycles. The summed E-state index contributed by atoms with van der Waals surface area (Å²) in [7, 11) is 0. The van der Waals surface area contributed by atoms with Crippen LogP contribution in [0.1, 0.15) is 17.2 Å². The molecule has 1 saturated heterocycles. The van der Waals surface area contributed by atoms with E-state index in [4.69, 9.17) is 11.6 Å². The van der Waals surface area contributed by atoms with Crippen LogP contribution >= 0.6 is 11.6 Å². The van der Waals surface area contributed by atoms with E-state index in [-0.39, 0.29) is 0 Å². The van der Waals surface area contributed by atoms with Gasteiger partial charge in [0.25, 0.3) is 0 Å². The van der Waals surface area contributed by atoms with Crippen molar-refractivity contribution in [1.82, 2.24) is 14.9 Å². The van der Waals surface area contributed by atoms with Crippen molar-refractivity contribution < 1.29 is 0 Å². The minimum absolute atomic E-state index is 0.566. The molecule has 0 spiro atoms. The van der Waals surface area contributed by atoms with Crippen LogP contribution in [0.15, 0.2) is 30.7 Å². The van der Waals surface area contributed by atoms with Gasteiger partial charge in [-0.25, -0.2) is 4.98 Å².